The van der Waals surface area contributed by atoms with E-state index < -0.39 is 0 Å². The highest BCUT2D eigenvalue weighted by Crippen LogP contribution is 2.33. The topological polar surface area (TPSA) is 70.7 Å². The standard InChI is InChI=1S/C21H24N4O3S/c1-13-14(2)29-21-19(13)20(26)22-18(23-21)11-25-7-5-24(6-8-25)10-15-3-4-16-17(9-15)28-12-27-16/h3-4,9H,5-8,10-12H2,1-2H3,(H,22,23,26). The zero-order valence-corrected chi connectivity index (χ0v) is 17.5. The number of aromatic amines is 1. The Hall–Kier alpha value is -2.42. The molecule has 7 nitrogen and oxygen atoms in total. The van der Waals surface area contributed by atoms with Gasteiger partial charge in [0.15, 0.2) is 11.5 Å². The van der Waals surface area contributed by atoms with Crippen LogP contribution in [0, 0.1) is 13.8 Å². The number of nitrogens with zero attached hydrogens (tertiary/aromatic N) is 3. The molecule has 152 valence electrons. The Bertz CT molecular complexity index is 1120. The van der Waals surface area contributed by atoms with Gasteiger partial charge in [0.2, 0.25) is 6.79 Å². The fourth-order valence-electron chi connectivity index (χ4n) is 3.99. The van der Waals surface area contributed by atoms with Crippen molar-refractivity contribution < 1.29 is 9.47 Å². The number of hydrogen-bond acceptors (Lipinski definition) is 7. The number of benzene rings is 1. The molecule has 1 N–H and O–H groups in total. The minimum Gasteiger partial charge on any atom is -0.454 e. The predicted octanol–water partition coefficient (Wildman–Crippen LogP) is 2.65. The zero-order chi connectivity index (χ0) is 20.0. The van der Waals surface area contributed by atoms with Crippen molar-refractivity contribution in [2.45, 2.75) is 26.9 Å². The Morgan fingerprint density at radius 3 is 2.59 bits per heavy atom. The highest BCUT2D eigenvalue weighted by atomic mass is 32.1. The minimum absolute atomic E-state index is 0.0201. The number of piperazine rings is 1. The van der Waals surface area contributed by atoms with Gasteiger partial charge in [-0.25, -0.2) is 4.98 Å². The summed E-state index contributed by atoms with van der Waals surface area (Å²) in [6.45, 7) is 9.80. The molecule has 0 atom stereocenters. The molecule has 0 unspecified atom stereocenters. The summed E-state index contributed by atoms with van der Waals surface area (Å²) in [6, 6.07) is 6.17. The Labute approximate surface area is 172 Å². The first-order chi connectivity index (χ1) is 14.1. The van der Waals surface area contributed by atoms with Crippen LogP contribution in [-0.4, -0.2) is 52.7 Å². The number of fused-ring (bicyclic) bond motifs is 2. The van der Waals surface area contributed by atoms with Crippen molar-refractivity contribution in [1.29, 1.82) is 0 Å². The summed E-state index contributed by atoms with van der Waals surface area (Å²) in [5, 5.41) is 0.741. The fraction of sp³-hybridized carbons (Fsp3) is 0.429. The molecule has 1 saturated heterocycles. The highest BCUT2D eigenvalue weighted by Gasteiger charge is 2.20. The molecule has 1 aromatic carbocycles. The van der Waals surface area contributed by atoms with E-state index in [1.807, 2.05) is 19.9 Å². The van der Waals surface area contributed by atoms with Gasteiger partial charge in [-0.15, -0.1) is 11.3 Å². The van der Waals surface area contributed by atoms with Crippen molar-refractivity contribution in [1.82, 2.24) is 19.8 Å². The van der Waals surface area contributed by atoms with Crippen molar-refractivity contribution in [3.05, 3.63) is 50.4 Å². The average molecular weight is 413 g/mol. The van der Waals surface area contributed by atoms with Crippen LogP contribution in [0.1, 0.15) is 21.8 Å². The molecule has 0 saturated carbocycles. The molecule has 0 bridgehead atoms. The molecule has 29 heavy (non-hydrogen) atoms. The van der Waals surface area contributed by atoms with E-state index in [0.29, 0.717) is 13.3 Å². The van der Waals surface area contributed by atoms with Gasteiger partial charge >= 0.3 is 0 Å². The van der Waals surface area contributed by atoms with E-state index in [4.69, 9.17) is 14.5 Å². The smallest absolute Gasteiger partial charge is 0.259 e. The van der Waals surface area contributed by atoms with Crippen LogP contribution in [0.25, 0.3) is 10.2 Å². The summed E-state index contributed by atoms with van der Waals surface area (Å²) < 4.78 is 10.9. The van der Waals surface area contributed by atoms with Crippen LogP contribution < -0.4 is 15.0 Å². The molecule has 0 radical (unpaired) electrons. The van der Waals surface area contributed by atoms with Crippen LogP contribution in [0.2, 0.25) is 0 Å². The molecule has 2 aliphatic heterocycles. The van der Waals surface area contributed by atoms with Crippen molar-refractivity contribution in [2.24, 2.45) is 0 Å². The van der Waals surface area contributed by atoms with Crippen molar-refractivity contribution in [3.8, 4) is 11.5 Å². The molecule has 4 heterocycles. The number of aromatic nitrogens is 2. The fourth-order valence-corrected chi connectivity index (χ4v) is 5.04. The molecule has 2 aliphatic rings. The number of aryl methyl sites for hydroxylation is 2. The molecule has 1 fully saturated rings. The number of rotatable bonds is 4. The maximum Gasteiger partial charge on any atom is 0.259 e. The Morgan fingerprint density at radius 1 is 1.07 bits per heavy atom. The number of ether oxygens (including phenoxy) is 2. The number of hydrogen-bond donors (Lipinski definition) is 1. The van der Waals surface area contributed by atoms with Crippen LogP contribution in [-0.2, 0) is 13.1 Å². The SMILES string of the molecule is Cc1sc2nc(CN3CCN(Cc4ccc5c(c4)OCO5)CC3)[nH]c(=O)c2c1C. The first-order valence-corrected chi connectivity index (χ1v) is 10.7. The Morgan fingerprint density at radius 2 is 1.79 bits per heavy atom. The molecule has 0 spiro atoms. The number of thiophene rings is 1. The van der Waals surface area contributed by atoms with Gasteiger partial charge in [0.1, 0.15) is 10.7 Å². The van der Waals surface area contributed by atoms with Gasteiger partial charge in [0.25, 0.3) is 5.56 Å². The van der Waals surface area contributed by atoms with Crippen LogP contribution in [0.4, 0.5) is 0 Å². The maximum absolute atomic E-state index is 12.5. The predicted molar refractivity (Wildman–Crippen MR) is 113 cm³/mol. The van der Waals surface area contributed by atoms with Gasteiger partial charge in [0.05, 0.1) is 11.9 Å². The second-order valence-electron chi connectivity index (χ2n) is 7.72. The van der Waals surface area contributed by atoms with E-state index in [1.165, 1.54) is 5.56 Å². The summed E-state index contributed by atoms with van der Waals surface area (Å²) in [7, 11) is 0. The van der Waals surface area contributed by atoms with Gasteiger partial charge in [-0.3, -0.25) is 14.6 Å². The zero-order valence-electron chi connectivity index (χ0n) is 16.7. The lowest BCUT2D eigenvalue weighted by atomic mass is 10.1. The van der Waals surface area contributed by atoms with Crippen molar-refractivity contribution in [3.63, 3.8) is 0 Å². The van der Waals surface area contributed by atoms with Gasteiger partial charge in [0, 0.05) is 37.6 Å². The number of H-pyrrole nitrogens is 1. The second kappa shape index (κ2) is 7.44. The monoisotopic (exact) mass is 412 g/mol. The first-order valence-electron chi connectivity index (χ1n) is 9.89. The third-order valence-corrected chi connectivity index (χ3v) is 6.87. The largest absolute Gasteiger partial charge is 0.454 e. The van der Waals surface area contributed by atoms with Crippen LogP contribution in [0.5, 0.6) is 11.5 Å². The average Bonchev–Trinajstić information content (AvgIpc) is 3.27. The van der Waals surface area contributed by atoms with Crippen molar-refractivity contribution in [2.75, 3.05) is 33.0 Å². The van der Waals surface area contributed by atoms with Crippen molar-refractivity contribution >= 4 is 21.6 Å². The van der Waals surface area contributed by atoms with Gasteiger partial charge in [-0.1, -0.05) is 6.07 Å². The van der Waals surface area contributed by atoms with Gasteiger partial charge in [-0.05, 0) is 37.1 Å². The normalized spacial score (nSPS) is 17.3. The lowest BCUT2D eigenvalue weighted by Crippen LogP contribution is -2.45. The van der Waals surface area contributed by atoms with Crippen LogP contribution in [0.15, 0.2) is 23.0 Å². The number of nitrogens with one attached hydrogen (secondary N) is 1. The summed E-state index contributed by atoms with van der Waals surface area (Å²) in [4.78, 5) is 27.0. The summed E-state index contributed by atoms with van der Waals surface area (Å²) in [5.74, 6) is 2.42. The highest BCUT2D eigenvalue weighted by molar-refractivity contribution is 7.18. The quantitative estimate of drug-likeness (QED) is 0.710. The first kappa shape index (κ1) is 18.6. The third-order valence-electron chi connectivity index (χ3n) is 5.77. The minimum atomic E-state index is -0.0201. The van der Waals surface area contributed by atoms with Gasteiger partial charge in [-0.2, -0.15) is 0 Å². The second-order valence-corrected chi connectivity index (χ2v) is 8.92. The summed E-state index contributed by atoms with van der Waals surface area (Å²) >= 11 is 1.60. The molecule has 2 aromatic heterocycles. The molecule has 0 amide bonds. The molecule has 5 rings (SSSR count). The van der Waals surface area contributed by atoms with E-state index in [9.17, 15) is 4.79 Å². The van der Waals surface area contributed by atoms with Gasteiger partial charge < -0.3 is 14.5 Å². The Kier molecular flexibility index (Phi) is 4.77. The molecule has 0 aliphatic carbocycles. The molecule has 3 aromatic rings. The van der Waals surface area contributed by atoms with E-state index in [1.54, 1.807) is 11.3 Å². The third kappa shape index (κ3) is 3.63. The Balaban J connectivity index is 1.21. The lowest BCUT2D eigenvalue weighted by Gasteiger charge is -2.34. The lowest BCUT2D eigenvalue weighted by molar-refractivity contribution is 0.120. The van der Waals surface area contributed by atoms with E-state index in [-0.39, 0.29) is 5.56 Å². The molecule has 8 heteroatoms. The van der Waals surface area contributed by atoms with Crippen LogP contribution in [0.3, 0.4) is 0 Å². The summed E-state index contributed by atoms with van der Waals surface area (Å²) in [5.41, 5.74) is 2.26. The van der Waals surface area contributed by atoms with E-state index in [2.05, 4.69) is 26.9 Å². The van der Waals surface area contributed by atoms with E-state index >= 15 is 0 Å². The summed E-state index contributed by atoms with van der Waals surface area (Å²) in [6.07, 6.45) is 0. The molecular weight excluding hydrogens is 388 g/mol. The van der Waals surface area contributed by atoms with Crippen LogP contribution >= 0.6 is 11.3 Å². The molecular formula is C21H24N4O3S. The maximum atomic E-state index is 12.5. The van der Waals surface area contributed by atoms with E-state index in [0.717, 1.165) is 70.7 Å².